The number of anilines is 1. The first-order valence-corrected chi connectivity index (χ1v) is 8.72. The Morgan fingerprint density at radius 3 is 2.56 bits per heavy atom. The quantitative estimate of drug-likeness (QED) is 0.791. The molecule has 27 heavy (non-hydrogen) atoms. The molecule has 0 unspecified atom stereocenters. The summed E-state index contributed by atoms with van der Waals surface area (Å²) in [5.41, 5.74) is 6.84. The Morgan fingerprint density at radius 1 is 1.11 bits per heavy atom. The van der Waals surface area contributed by atoms with Crippen molar-refractivity contribution in [1.82, 2.24) is 10.9 Å². The van der Waals surface area contributed by atoms with Gasteiger partial charge in [-0.2, -0.15) is 0 Å². The summed E-state index contributed by atoms with van der Waals surface area (Å²) < 4.78 is 5.37. The SMILES string of the molecule is Cc1cccc(OCC(=O)NNC(=O)c2ccc(N3CCCC3=O)cc2)c1. The largest absolute Gasteiger partial charge is 0.484 e. The summed E-state index contributed by atoms with van der Waals surface area (Å²) in [4.78, 5) is 37.4. The molecule has 7 heteroatoms. The molecule has 140 valence electrons. The lowest BCUT2D eigenvalue weighted by molar-refractivity contribution is -0.123. The normalized spacial score (nSPS) is 13.4. The lowest BCUT2D eigenvalue weighted by atomic mass is 10.2. The Labute approximate surface area is 157 Å². The highest BCUT2D eigenvalue weighted by Crippen LogP contribution is 2.21. The molecule has 1 fully saturated rings. The van der Waals surface area contributed by atoms with Crippen LogP contribution in [0.4, 0.5) is 5.69 Å². The molecule has 2 aromatic carbocycles. The summed E-state index contributed by atoms with van der Waals surface area (Å²) in [6.07, 6.45) is 1.40. The molecule has 0 atom stereocenters. The second kappa shape index (κ2) is 8.35. The third-order valence-corrected chi connectivity index (χ3v) is 4.19. The first kappa shape index (κ1) is 18.4. The predicted octanol–water partition coefficient (Wildman–Crippen LogP) is 1.96. The number of hydrogen-bond acceptors (Lipinski definition) is 4. The molecule has 0 radical (unpaired) electrons. The zero-order valence-corrected chi connectivity index (χ0v) is 15.0. The van der Waals surface area contributed by atoms with Crippen molar-refractivity contribution in [3.63, 3.8) is 0 Å². The van der Waals surface area contributed by atoms with Crippen molar-refractivity contribution in [2.75, 3.05) is 18.1 Å². The fourth-order valence-electron chi connectivity index (χ4n) is 2.80. The second-order valence-electron chi connectivity index (χ2n) is 6.30. The topological polar surface area (TPSA) is 87.7 Å². The van der Waals surface area contributed by atoms with Gasteiger partial charge in [-0.25, -0.2) is 0 Å². The lowest BCUT2D eigenvalue weighted by Crippen LogP contribution is -2.43. The van der Waals surface area contributed by atoms with E-state index in [-0.39, 0.29) is 12.5 Å². The molecule has 0 aliphatic carbocycles. The number of nitrogens with zero attached hydrogens (tertiary/aromatic N) is 1. The molecule has 1 aliphatic heterocycles. The van der Waals surface area contributed by atoms with Crippen LogP contribution in [-0.2, 0) is 9.59 Å². The van der Waals surface area contributed by atoms with Gasteiger partial charge in [-0.1, -0.05) is 12.1 Å². The highest BCUT2D eigenvalue weighted by atomic mass is 16.5. The van der Waals surface area contributed by atoms with Crippen LogP contribution in [0.1, 0.15) is 28.8 Å². The molecule has 1 saturated heterocycles. The van der Waals surface area contributed by atoms with Gasteiger partial charge in [0.2, 0.25) is 5.91 Å². The number of amides is 3. The van der Waals surface area contributed by atoms with Gasteiger partial charge in [-0.05, 0) is 55.3 Å². The van der Waals surface area contributed by atoms with Crippen molar-refractivity contribution >= 4 is 23.4 Å². The summed E-state index contributed by atoms with van der Waals surface area (Å²) >= 11 is 0. The molecule has 7 nitrogen and oxygen atoms in total. The number of benzene rings is 2. The minimum absolute atomic E-state index is 0.0908. The number of hydrazine groups is 1. The molecular formula is C20H21N3O4. The van der Waals surface area contributed by atoms with Crippen molar-refractivity contribution in [3.8, 4) is 5.75 Å². The Balaban J connectivity index is 1.47. The van der Waals surface area contributed by atoms with E-state index in [1.54, 1.807) is 35.2 Å². The van der Waals surface area contributed by atoms with Gasteiger partial charge < -0.3 is 9.64 Å². The highest BCUT2D eigenvalue weighted by molar-refractivity contribution is 5.98. The van der Waals surface area contributed by atoms with E-state index in [0.29, 0.717) is 24.3 Å². The average Bonchev–Trinajstić information content (AvgIpc) is 3.10. The van der Waals surface area contributed by atoms with Crippen LogP contribution in [-0.4, -0.2) is 30.9 Å². The van der Waals surface area contributed by atoms with Crippen LogP contribution in [0.15, 0.2) is 48.5 Å². The molecule has 1 heterocycles. The molecule has 3 rings (SSSR count). The first-order chi connectivity index (χ1) is 13.0. The number of aryl methyl sites for hydroxylation is 1. The van der Waals surface area contributed by atoms with E-state index < -0.39 is 11.8 Å². The first-order valence-electron chi connectivity index (χ1n) is 8.72. The smallest absolute Gasteiger partial charge is 0.276 e. The summed E-state index contributed by atoms with van der Waals surface area (Å²) in [5.74, 6) is -0.237. The monoisotopic (exact) mass is 367 g/mol. The highest BCUT2D eigenvalue weighted by Gasteiger charge is 2.21. The molecule has 0 spiro atoms. The third kappa shape index (κ3) is 4.84. The van der Waals surface area contributed by atoms with Crippen LogP contribution < -0.4 is 20.5 Å². The third-order valence-electron chi connectivity index (χ3n) is 4.19. The standard InChI is InChI=1S/C20H21N3O4/c1-14-4-2-5-17(12-14)27-13-18(24)21-22-20(26)15-7-9-16(10-8-15)23-11-3-6-19(23)25/h2,4-5,7-10,12H,3,6,11,13H2,1H3,(H,21,24)(H,22,26). The maximum atomic E-state index is 12.1. The zero-order chi connectivity index (χ0) is 19.2. The number of nitrogens with one attached hydrogen (secondary N) is 2. The van der Waals surface area contributed by atoms with Crippen LogP contribution in [0.2, 0.25) is 0 Å². The van der Waals surface area contributed by atoms with Gasteiger partial charge in [-0.3, -0.25) is 25.2 Å². The summed E-state index contributed by atoms with van der Waals surface area (Å²) in [6.45, 7) is 2.42. The average molecular weight is 367 g/mol. The van der Waals surface area contributed by atoms with Gasteiger partial charge in [0.25, 0.3) is 11.8 Å². The van der Waals surface area contributed by atoms with Gasteiger partial charge in [-0.15, -0.1) is 0 Å². The van der Waals surface area contributed by atoms with Crippen LogP contribution in [0.5, 0.6) is 5.75 Å². The van der Waals surface area contributed by atoms with E-state index in [9.17, 15) is 14.4 Å². The number of hydrogen-bond donors (Lipinski definition) is 2. The number of carbonyl (C=O) groups excluding carboxylic acids is 3. The van der Waals surface area contributed by atoms with Crippen molar-refractivity contribution < 1.29 is 19.1 Å². The van der Waals surface area contributed by atoms with Gasteiger partial charge in [0.05, 0.1) is 0 Å². The van der Waals surface area contributed by atoms with Crippen LogP contribution in [0.3, 0.4) is 0 Å². The van der Waals surface area contributed by atoms with Crippen molar-refractivity contribution in [2.24, 2.45) is 0 Å². The van der Waals surface area contributed by atoms with Crippen LogP contribution in [0.25, 0.3) is 0 Å². The molecule has 0 aromatic heterocycles. The number of carbonyl (C=O) groups is 3. The zero-order valence-electron chi connectivity index (χ0n) is 15.0. The van der Waals surface area contributed by atoms with Crippen LogP contribution in [0, 0.1) is 6.92 Å². The molecule has 0 bridgehead atoms. The molecule has 3 amide bonds. The van der Waals surface area contributed by atoms with E-state index in [1.807, 2.05) is 25.1 Å². The number of ether oxygens (including phenoxy) is 1. The maximum Gasteiger partial charge on any atom is 0.276 e. The summed E-state index contributed by atoms with van der Waals surface area (Å²) in [5, 5.41) is 0. The Hall–Kier alpha value is -3.35. The molecule has 2 aromatic rings. The van der Waals surface area contributed by atoms with Crippen molar-refractivity contribution in [1.29, 1.82) is 0 Å². The Bertz CT molecular complexity index is 849. The molecule has 0 saturated carbocycles. The minimum Gasteiger partial charge on any atom is -0.484 e. The van der Waals surface area contributed by atoms with Gasteiger partial charge in [0.15, 0.2) is 6.61 Å². The van der Waals surface area contributed by atoms with E-state index >= 15 is 0 Å². The van der Waals surface area contributed by atoms with Crippen LogP contribution >= 0.6 is 0 Å². The fourth-order valence-corrected chi connectivity index (χ4v) is 2.80. The van der Waals surface area contributed by atoms with E-state index in [1.165, 1.54) is 0 Å². The fraction of sp³-hybridized carbons (Fsp3) is 0.250. The maximum absolute atomic E-state index is 12.1. The molecular weight excluding hydrogens is 346 g/mol. The van der Waals surface area contributed by atoms with Gasteiger partial charge in [0.1, 0.15) is 5.75 Å². The van der Waals surface area contributed by atoms with E-state index in [4.69, 9.17) is 4.74 Å². The van der Waals surface area contributed by atoms with E-state index in [2.05, 4.69) is 10.9 Å². The van der Waals surface area contributed by atoms with Crippen molar-refractivity contribution in [3.05, 3.63) is 59.7 Å². The summed E-state index contributed by atoms with van der Waals surface area (Å²) in [6, 6.07) is 14.0. The Morgan fingerprint density at radius 2 is 1.89 bits per heavy atom. The molecule has 2 N–H and O–H groups in total. The Kier molecular flexibility index (Phi) is 5.71. The lowest BCUT2D eigenvalue weighted by Gasteiger charge is -2.16. The second-order valence-corrected chi connectivity index (χ2v) is 6.30. The van der Waals surface area contributed by atoms with Gasteiger partial charge >= 0.3 is 0 Å². The van der Waals surface area contributed by atoms with Crippen molar-refractivity contribution in [2.45, 2.75) is 19.8 Å². The molecule has 1 aliphatic rings. The number of rotatable bonds is 5. The summed E-state index contributed by atoms with van der Waals surface area (Å²) in [7, 11) is 0. The van der Waals surface area contributed by atoms with E-state index in [0.717, 1.165) is 17.7 Å². The minimum atomic E-state index is -0.468. The predicted molar refractivity (Wildman–Crippen MR) is 100 cm³/mol. The van der Waals surface area contributed by atoms with Gasteiger partial charge in [0, 0.05) is 24.2 Å².